The Hall–Kier alpha value is -2.12. The molecule has 7 nitrogen and oxygen atoms in total. The molecule has 1 heterocycles. The van der Waals surface area contributed by atoms with Crippen molar-refractivity contribution in [1.82, 2.24) is 25.8 Å². The van der Waals surface area contributed by atoms with Gasteiger partial charge in [0.25, 0.3) is 0 Å². The maximum atomic E-state index is 12.0. The molecule has 0 atom stereocenters. The fourth-order valence-electron chi connectivity index (χ4n) is 3.41. The van der Waals surface area contributed by atoms with Gasteiger partial charge in [-0.3, -0.25) is 14.7 Å². The monoisotopic (exact) mass is 402 g/mol. The van der Waals surface area contributed by atoms with Gasteiger partial charge in [-0.25, -0.2) is 0 Å². The molecule has 0 aliphatic carbocycles. The van der Waals surface area contributed by atoms with Crippen molar-refractivity contribution in [1.29, 1.82) is 0 Å². The molecule has 1 amide bonds. The SMILES string of the molecule is CCN1CCN(Cc2ccccc2CNC(=NC)NCC(=O)NC(C)(C)C)CC1. The van der Waals surface area contributed by atoms with Gasteiger partial charge < -0.3 is 20.9 Å². The summed E-state index contributed by atoms with van der Waals surface area (Å²) in [5, 5.41) is 9.36. The Balaban J connectivity index is 1.85. The molecule has 0 aromatic heterocycles. The number of rotatable bonds is 7. The first-order valence-electron chi connectivity index (χ1n) is 10.6. The number of nitrogens with zero attached hydrogens (tertiary/aromatic N) is 3. The van der Waals surface area contributed by atoms with Gasteiger partial charge in [0, 0.05) is 51.9 Å². The van der Waals surface area contributed by atoms with E-state index in [1.807, 2.05) is 20.8 Å². The number of carbonyl (C=O) groups excluding carboxylic acids is 1. The van der Waals surface area contributed by atoms with Crippen LogP contribution in [0.3, 0.4) is 0 Å². The van der Waals surface area contributed by atoms with Crippen LogP contribution in [-0.4, -0.2) is 73.5 Å². The lowest BCUT2D eigenvalue weighted by molar-refractivity contribution is -0.121. The van der Waals surface area contributed by atoms with Crippen LogP contribution in [-0.2, 0) is 17.9 Å². The third-order valence-electron chi connectivity index (χ3n) is 5.03. The molecule has 29 heavy (non-hydrogen) atoms. The second-order valence-corrected chi connectivity index (χ2v) is 8.56. The van der Waals surface area contributed by atoms with E-state index in [4.69, 9.17) is 0 Å². The Morgan fingerprint density at radius 2 is 1.66 bits per heavy atom. The predicted molar refractivity (Wildman–Crippen MR) is 120 cm³/mol. The number of nitrogens with one attached hydrogen (secondary N) is 3. The lowest BCUT2D eigenvalue weighted by atomic mass is 10.1. The zero-order valence-electron chi connectivity index (χ0n) is 18.7. The summed E-state index contributed by atoms with van der Waals surface area (Å²) in [4.78, 5) is 21.3. The number of carbonyl (C=O) groups is 1. The molecule has 0 saturated carbocycles. The molecular formula is C22H38N6O. The lowest BCUT2D eigenvalue weighted by Crippen LogP contribution is -2.48. The lowest BCUT2D eigenvalue weighted by Gasteiger charge is -2.34. The molecule has 7 heteroatoms. The molecule has 1 aliphatic heterocycles. The van der Waals surface area contributed by atoms with Crippen molar-refractivity contribution in [3.8, 4) is 0 Å². The number of guanidine groups is 1. The molecule has 0 bridgehead atoms. The van der Waals surface area contributed by atoms with E-state index in [9.17, 15) is 4.79 Å². The van der Waals surface area contributed by atoms with Gasteiger partial charge in [-0.2, -0.15) is 0 Å². The van der Waals surface area contributed by atoms with Crippen LogP contribution in [0.4, 0.5) is 0 Å². The van der Waals surface area contributed by atoms with Crippen LogP contribution < -0.4 is 16.0 Å². The fraction of sp³-hybridized carbons (Fsp3) is 0.636. The molecule has 1 aromatic carbocycles. The minimum absolute atomic E-state index is 0.0490. The molecule has 0 spiro atoms. The van der Waals surface area contributed by atoms with E-state index >= 15 is 0 Å². The highest BCUT2D eigenvalue weighted by molar-refractivity contribution is 5.86. The molecule has 2 rings (SSSR count). The maximum absolute atomic E-state index is 12.0. The minimum atomic E-state index is -0.239. The summed E-state index contributed by atoms with van der Waals surface area (Å²) in [7, 11) is 1.72. The summed E-state index contributed by atoms with van der Waals surface area (Å²) >= 11 is 0. The smallest absolute Gasteiger partial charge is 0.239 e. The quantitative estimate of drug-likeness (QED) is 0.475. The van der Waals surface area contributed by atoms with Crippen molar-refractivity contribution in [3.05, 3.63) is 35.4 Å². The van der Waals surface area contributed by atoms with Gasteiger partial charge in [-0.1, -0.05) is 31.2 Å². The summed E-state index contributed by atoms with van der Waals surface area (Å²) in [6, 6.07) is 8.54. The van der Waals surface area contributed by atoms with Crippen LogP contribution in [0, 0.1) is 0 Å². The molecule has 3 N–H and O–H groups in total. The zero-order chi connectivity index (χ0) is 21.3. The van der Waals surface area contributed by atoms with Crippen molar-refractivity contribution < 1.29 is 4.79 Å². The number of piperazine rings is 1. The first-order valence-corrected chi connectivity index (χ1v) is 10.6. The summed E-state index contributed by atoms with van der Waals surface area (Å²) in [6.07, 6.45) is 0. The second kappa shape index (κ2) is 11.2. The molecular weight excluding hydrogens is 364 g/mol. The largest absolute Gasteiger partial charge is 0.352 e. The topological polar surface area (TPSA) is 72.0 Å². The predicted octanol–water partition coefficient (Wildman–Crippen LogP) is 1.40. The number of aliphatic imine (C=N–C) groups is 1. The summed E-state index contributed by atoms with van der Waals surface area (Å²) < 4.78 is 0. The molecule has 0 radical (unpaired) electrons. The number of amides is 1. The fourth-order valence-corrected chi connectivity index (χ4v) is 3.41. The first kappa shape index (κ1) is 23.2. The van der Waals surface area contributed by atoms with E-state index in [0.29, 0.717) is 12.5 Å². The first-order chi connectivity index (χ1) is 13.8. The average Bonchev–Trinajstić information content (AvgIpc) is 2.68. The number of hydrogen-bond donors (Lipinski definition) is 3. The van der Waals surface area contributed by atoms with E-state index in [2.05, 4.69) is 61.9 Å². The van der Waals surface area contributed by atoms with Crippen molar-refractivity contribution >= 4 is 11.9 Å². The molecule has 1 aromatic rings. The number of likely N-dealkylation sites (N-methyl/N-ethyl adjacent to an activating group) is 1. The summed E-state index contributed by atoms with van der Waals surface area (Å²) in [5.41, 5.74) is 2.36. The van der Waals surface area contributed by atoms with Crippen molar-refractivity contribution in [2.45, 2.75) is 46.3 Å². The summed E-state index contributed by atoms with van der Waals surface area (Å²) in [5.74, 6) is 0.576. The van der Waals surface area contributed by atoms with E-state index < -0.39 is 0 Å². The Bertz CT molecular complexity index is 674. The van der Waals surface area contributed by atoms with Gasteiger partial charge in [0.2, 0.25) is 5.91 Å². The van der Waals surface area contributed by atoms with E-state index in [1.165, 1.54) is 11.1 Å². The maximum Gasteiger partial charge on any atom is 0.239 e. The zero-order valence-corrected chi connectivity index (χ0v) is 18.7. The van der Waals surface area contributed by atoms with E-state index in [-0.39, 0.29) is 18.0 Å². The Morgan fingerprint density at radius 3 is 2.24 bits per heavy atom. The molecule has 1 aliphatic rings. The third kappa shape index (κ3) is 8.41. The third-order valence-corrected chi connectivity index (χ3v) is 5.03. The van der Waals surface area contributed by atoms with Crippen LogP contribution >= 0.6 is 0 Å². The van der Waals surface area contributed by atoms with Crippen LogP contribution in [0.2, 0.25) is 0 Å². The number of hydrogen-bond acceptors (Lipinski definition) is 4. The molecule has 162 valence electrons. The van der Waals surface area contributed by atoms with Gasteiger partial charge >= 0.3 is 0 Å². The highest BCUT2D eigenvalue weighted by Gasteiger charge is 2.17. The highest BCUT2D eigenvalue weighted by atomic mass is 16.2. The standard InChI is InChI=1S/C22H38N6O/c1-6-27-11-13-28(14-12-27)17-19-10-8-7-9-18(19)15-24-21(23-5)25-16-20(29)26-22(2,3)4/h7-10H,6,11-17H2,1-5H3,(H,26,29)(H2,23,24,25). The Labute approximate surface area is 175 Å². The summed E-state index contributed by atoms with van der Waals surface area (Å²) in [6.45, 7) is 15.6. The van der Waals surface area contributed by atoms with Crippen LogP contribution in [0.25, 0.3) is 0 Å². The Kier molecular flexibility index (Phi) is 8.92. The minimum Gasteiger partial charge on any atom is -0.352 e. The molecule has 0 unspecified atom stereocenters. The highest BCUT2D eigenvalue weighted by Crippen LogP contribution is 2.13. The van der Waals surface area contributed by atoms with Gasteiger partial charge in [0.05, 0.1) is 6.54 Å². The Morgan fingerprint density at radius 1 is 1.03 bits per heavy atom. The van der Waals surface area contributed by atoms with Gasteiger partial charge in [-0.15, -0.1) is 0 Å². The van der Waals surface area contributed by atoms with Crippen LogP contribution in [0.15, 0.2) is 29.3 Å². The van der Waals surface area contributed by atoms with Gasteiger partial charge in [0.15, 0.2) is 5.96 Å². The van der Waals surface area contributed by atoms with E-state index in [0.717, 1.165) is 39.3 Å². The average molecular weight is 403 g/mol. The van der Waals surface area contributed by atoms with Crippen molar-refractivity contribution in [3.63, 3.8) is 0 Å². The van der Waals surface area contributed by atoms with Crippen molar-refractivity contribution in [2.24, 2.45) is 4.99 Å². The van der Waals surface area contributed by atoms with Crippen LogP contribution in [0.1, 0.15) is 38.8 Å². The number of benzene rings is 1. The normalized spacial score (nSPS) is 16.5. The van der Waals surface area contributed by atoms with Gasteiger partial charge in [0.1, 0.15) is 0 Å². The van der Waals surface area contributed by atoms with Crippen molar-refractivity contribution in [2.75, 3.05) is 46.3 Å². The van der Waals surface area contributed by atoms with Crippen LogP contribution in [0.5, 0.6) is 0 Å². The van der Waals surface area contributed by atoms with E-state index in [1.54, 1.807) is 7.05 Å². The molecule has 1 saturated heterocycles. The second-order valence-electron chi connectivity index (χ2n) is 8.56. The van der Waals surface area contributed by atoms with Gasteiger partial charge in [-0.05, 0) is 38.4 Å². The molecule has 1 fully saturated rings.